The van der Waals surface area contributed by atoms with Crippen LogP contribution in [0.1, 0.15) is 33.1 Å². The summed E-state index contributed by atoms with van der Waals surface area (Å²) in [5.41, 5.74) is 0.176. The molecule has 1 fully saturated rings. The van der Waals surface area contributed by atoms with Crippen LogP contribution in [0, 0.1) is 11.3 Å². The first-order valence-corrected chi connectivity index (χ1v) is 5.92. The van der Waals surface area contributed by atoms with Crippen molar-refractivity contribution in [2.75, 3.05) is 26.9 Å². The van der Waals surface area contributed by atoms with E-state index < -0.39 is 0 Å². The summed E-state index contributed by atoms with van der Waals surface area (Å²) >= 11 is 0. The van der Waals surface area contributed by atoms with Crippen molar-refractivity contribution in [2.24, 2.45) is 11.3 Å². The van der Waals surface area contributed by atoms with Crippen molar-refractivity contribution in [3.05, 3.63) is 0 Å². The number of hydrogen-bond donors (Lipinski definition) is 2. The van der Waals surface area contributed by atoms with Gasteiger partial charge >= 0.3 is 0 Å². The summed E-state index contributed by atoms with van der Waals surface area (Å²) in [4.78, 5) is 0. The van der Waals surface area contributed by atoms with Gasteiger partial charge in [-0.3, -0.25) is 0 Å². The maximum Gasteiger partial charge on any atom is 0.0618 e. The third kappa shape index (κ3) is 4.96. The third-order valence-electron chi connectivity index (χ3n) is 3.17. The lowest BCUT2D eigenvalue weighted by Gasteiger charge is -2.27. The molecule has 1 rings (SSSR count). The Balaban J connectivity index is 2.25. The van der Waals surface area contributed by atoms with Gasteiger partial charge < -0.3 is 15.2 Å². The van der Waals surface area contributed by atoms with E-state index in [1.54, 1.807) is 7.11 Å². The normalized spacial score (nSPS) is 19.2. The van der Waals surface area contributed by atoms with Crippen molar-refractivity contribution in [1.29, 1.82) is 0 Å². The van der Waals surface area contributed by atoms with Gasteiger partial charge in [0.05, 0.1) is 6.61 Å². The van der Waals surface area contributed by atoms with Crippen LogP contribution in [0.15, 0.2) is 0 Å². The molecule has 0 amide bonds. The molecule has 0 aromatic heterocycles. The fourth-order valence-corrected chi connectivity index (χ4v) is 1.84. The molecule has 3 nitrogen and oxygen atoms in total. The van der Waals surface area contributed by atoms with Gasteiger partial charge in [-0.15, -0.1) is 0 Å². The zero-order valence-electron chi connectivity index (χ0n) is 10.3. The number of nitrogens with one attached hydrogen (secondary N) is 1. The fourth-order valence-electron chi connectivity index (χ4n) is 1.84. The van der Waals surface area contributed by atoms with Crippen LogP contribution >= 0.6 is 0 Å². The molecule has 90 valence electrons. The van der Waals surface area contributed by atoms with E-state index in [9.17, 15) is 0 Å². The second-order valence-electron chi connectivity index (χ2n) is 5.42. The highest BCUT2D eigenvalue weighted by atomic mass is 16.5. The molecule has 0 spiro atoms. The zero-order chi connectivity index (χ0) is 11.3. The summed E-state index contributed by atoms with van der Waals surface area (Å²) < 4.78 is 5.22. The Bertz CT molecular complexity index is 178. The van der Waals surface area contributed by atoms with Crippen LogP contribution in [-0.2, 0) is 4.74 Å². The van der Waals surface area contributed by atoms with E-state index in [0.717, 1.165) is 25.5 Å². The lowest BCUT2D eigenvalue weighted by Crippen LogP contribution is -2.41. The molecule has 1 saturated carbocycles. The second-order valence-corrected chi connectivity index (χ2v) is 5.42. The van der Waals surface area contributed by atoms with Gasteiger partial charge in [-0.1, -0.05) is 13.8 Å². The van der Waals surface area contributed by atoms with E-state index in [2.05, 4.69) is 19.2 Å². The molecule has 2 N–H and O–H groups in total. The molecule has 1 aliphatic rings. The lowest BCUT2D eigenvalue weighted by atomic mass is 9.89. The van der Waals surface area contributed by atoms with E-state index >= 15 is 0 Å². The minimum absolute atomic E-state index is 0.176. The van der Waals surface area contributed by atoms with Crippen LogP contribution in [0.4, 0.5) is 0 Å². The van der Waals surface area contributed by atoms with Gasteiger partial charge in [0.15, 0.2) is 0 Å². The molecule has 3 heteroatoms. The Kier molecular flexibility index (Phi) is 5.03. The molecule has 1 unspecified atom stereocenters. The number of rotatable bonds is 8. The number of methoxy groups -OCH3 is 1. The predicted molar refractivity (Wildman–Crippen MR) is 61.9 cm³/mol. The maximum atomic E-state index is 8.94. The van der Waals surface area contributed by atoms with Crippen LogP contribution in [-0.4, -0.2) is 38.0 Å². The third-order valence-corrected chi connectivity index (χ3v) is 3.17. The van der Waals surface area contributed by atoms with E-state index in [1.807, 2.05) is 0 Å². The molecule has 0 bridgehead atoms. The van der Waals surface area contributed by atoms with Gasteiger partial charge in [0.2, 0.25) is 0 Å². The molecule has 0 aromatic rings. The van der Waals surface area contributed by atoms with Crippen molar-refractivity contribution in [3.8, 4) is 0 Å². The molecule has 0 radical (unpaired) electrons. The molecular weight excluding hydrogens is 190 g/mol. The van der Waals surface area contributed by atoms with Crippen LogP contribution < -0.4 is 5.32 Å². The minimum Gasteiger partial charge on any atom is -0.396 e. The van der Waals surface area contributed by atoms with Gasteiger partial charge in [0.25, 0.3) is 0 Å². The number of hydrogen-bond acceptors (Lipinski definition) is 3. The highest BCUT2D eigenvalue weighted by Gasteiger charge is 2.31. The van der Waals surface area contributed by atoms with Gasteiger partial charge in [0, 0.05) is 26.3 Å². The van der Waals surface area contributed by atoms with Crippen LogP contribution in [0.2, 0.25) is 0 Å². The Morgan fingerprint density at radius 2 is 2.13 bits per heavy atom. The highest BCUT2D eigenvalue weighted by molar-refractivity contribution is 4.87. The van der Waals surface area contributed by atoms with Crippen LogP contribution in [0.25, 0.3) is 0 Å². The first-order chi connectivity index (χ1) is 7.09. The summed E-state index contributed by atoms with van der Waals surface area (Å²) in [7, 11) is 1.76. The average molecular weight is 215 g/mol. The van der Waals surface area contributed by atoms with Gasteiger partial charge in [-0.2, -0.15) is 0 Å². The summed E-state index contributed by atoms with van der Waals surface area (Å²) in [6.07, 6.45) is 3.52. The second kappa shape index (κ2) is 5.83. The minimum atomic E-state index is 0.176. The van der Waals surface area contributed by atoms with E-state index in [4.69, 9.17) is 9.84 Å². The molecule has 0 aliphatic heterocycles. The molecule has 0 aromatic carbocycles. The maximum absolute atomic E-state index is 8.94. The van der Waals surface area contributed by atoms with Crippen LogP contribution in [0.5, 0.6) is 0 Å². The first kappa shape index (κ1) is 12.9. The smallest absolute Gasteiger partial charge is 0.0618 e. The molecule has 0 saturated heterocycles. The van der Waals surface area contributed by atoms with Gasteiger partial charge in [0.1, 0.15) is 0 Å². The van der Waals surface area contributed by atoms with E-state index in [1.165, 1.54) is 12.8 Å². The highest BCUT2D eigenvalue weighted by Crippen LogP contribution is 2.33. The molecule has 15 heavy (non-hydrogen) atoms. The van der Waals surface area contributed by atoms with Crippen LogP contribution in [0.3, 0.4) is 0 Å². The van der Waals surface area contributed by atoms with Crippen molar-refractivity contribution in [1.82, 2.24) is 5.32 Å². The Labute approximate surface area is 93.2 Å². The summed E-state index contributed by atoms with van der Waals surface area (Å²) in [6, 6.07) is 0.507. The molecule has 1 atom stereocenters. The predicted octanol–water partition coefficient (Wildman–Crippen LogP) is 1.41. The monoisotopic (exact) mass is 215 g/mol. The first-order valence-electron chi connectivity index (χ1n) is 5.92. The number of aliphatic hydroxyl groups excluding tert-OH is 1. The van der Waals surface area contributed by atoms with Crippen molar-refractivity contribution in [3.63, 3.8) is 0 Å². The quantitative estimate of drug-likeness (QED) is 0.643. The molecular formula is C12H25NO2. The Morgan fingerprint density at radius 1 is 1.47 bits per heavy atom. The standard InChI is InChI=1S/C12H25NO2/c1-12(2,6-7-14)9-13-11(8-15-3)10-4-5-10/h10-11,13-14H,4-9H2,1-3H3. The van der Waals surface area contributed by atoms with Gasteiger partial charge in [-0.25, -0.2) is 0 Å². The van der Waals surface area contributed by atoms with E-state index in [-0.39, 0.29) is 12.0 Å². The fraction of sp³-hybridized carbons (Fsp3) is 1.00. The van der Waals surface area contributed by atoms with E-state index in [0.29, 0.717) is 6.04 Å². The summed E-state index contributed by atoms with van der Waals surface area (Å²) in [5.74, 6) is 0.815. The van der Waals surface area contributed by atoms with Crippen molar-refractivity contribution in [2.45, 2.75) is 39.2 Å². The van der Waals surface area contributed by atoms with Crippen molar-refractivity contribution < 1.29 is 9.84 Å². The number of aliphatic hydroxyl groups is 1. The molecule has 1 aliphatic carbocycles. The Morgan fingerprint density at radius 3 is 2.60 bits per heavy atom. The summed E-state index contributed by atoms with van der Waals surface area (Å²) in [6.45, 7) is 6.41. The largest absolute Gasteiger partial charge is 0.396 e. The Hall–Kier alpha value is -0.120. The topological polar surface area (TPSA) is 41.5 Å². The number of ether oxygens (including phenoxy) is 1. The summed E-state index contributed by atoms with van der Waals surface area (Å²) in [5, 5.41) is 12.5. The lowest BCUT2D eigenvalue weighted by molar-refractivity contribution is 0.143. The SMILES string of the molecule is COCC(NCC(C)(C)CCO)C1CC1. The molecule has 0 heterocycles. The van der Waals surface area contributed by atoms with Gasteiger partial charge in [-0.05, 0) is 30.6 Å². The average Bonchev–Trinajstić information content (AvgIpc) is 2.95. The van der Waals surface area contributed by atoms with Crippen molar-refractivity contribution >= 4 is 0 Å². The zero-order valence-corrected chi connectivity index (χ0v) is 10.3.